The second-order valence-electron chi connectivity index (χ2n) is 6.11. The molecular formula is C18H21ClN2O2S. The molecule has 0 spiro atoms. The van der Waals surface area contributed by atoms with Gasteiger partial charge in [-0.2, -0.15) is 0 Å². The third kappa shape index (κ3) is 4.16. The summed E-state index contributed by atoms with van der Waals surface area (Å²) in [5, 5.41) is 16.4. The molecule has 2 heterocycles. The van der Waals surface area contributed by atoms with Crippen molar-refractivity contribution in [3.05, 3.63) is 57.2 Å². The zero-order valence-corrected chi connectivity index (χ0v) is 14.9. The molecule has 24 heavy (non-hydrogen) atoms. The van der Waals surface area contributed by atoms with Gasteiger partial charge in [0, 0.05) is 31.2 Å². The maximum atomic E-state index is 11.9. The van der Waals surface area contributed by atoms with Crippen LogP contribution in [0.25, 0.3) is 0 Å². The van der Waals surface area contributed by atoms with Gasteiger partial charge in [-0.05, 0) is 42.0 Å². The largest absolute Gasteiger partial charge is 0.385 e. The highest BCUT2D eigenvalue weighted by Crippen LogP contribution is 2.33. The van der Waals surface area contributed by atoms with E-state index in [1.54, 1.807) is 0 Å². The van der Waals surface area contributed by atoms with Crippen LogP contribution in [0, 0.1) is 0 Å². The topological polar surface area (TPSA) is 52.6 Å². The molecule has 1 fully saturated rings. The van der Waals surface area contributed by atoms with Crippen LogP contribution in [-0.2, 0) is 5.60 Å². The van der Waals surface area contributed by atoms with Gasteiger partial charge in [-0.25, -0.2) is 0 Å². The number of aliphatic hydroxyl groups is 1. The summed E-state index contributed by atoms with van der Waals surface area (Å²) < 4.78 is 0. The summed E-state index contributed by atoms with van der Waals surface area (Å²) in [7, 11) is 0. The summed E-state index contributed by atoms with van der Waals surface area (Å²) in [6, 6.07) is 11.1. The average Bonchev–Trinajstić information content (AvgIpc) is 3.12. The van der Waals surface area contributed by atoms with Crippen LogP contribution in [0.1, 0.15) is 28.1 Å². The molecule has 0 radical (unpaired) electrons. The maximum Gasteiger partial charge on any atom is 0.261 e. The number of hydrogen-bond donors (Lipinski definition) is 2. The number of nitrogens with zero attached hydrogens (tertiary/aromatic N) is 1. The van der Waals surface area contributed by atoms with Gasteiger partial charge < -0.3 is 15.3 Å². The lowest BCUT2D eigenvalue weighted by Gasteiger charge is -2.38. The molecule has 1 aliphatic heterocycles. The Morgan fingerprint density at radius 2 is 1.96 bits per heavy atom. The van der Waals surface area contributed by atoms with Gasteiger partial charge in [0.15, 0.2) is 0 Å². The molecule has 0 bridgehead atoms. The van der Waals surface area contributed by atoms with Crippen LogP contribution in [0.4, 0.5) is 0 Å². The molecule has 1 saturated heterocycles. The third-order valence-corrected chi connectivity index (χ3v) is 5.64. The molecule has 1 aromatic carbocycles. The van der Waals surface area contributed by atoms with Gasteiger partial charge in [0.05, 0.1) is 10.5 Å². The molecule has 3 rings (SSSR count). The fourth-order valence-electron chi connectivity index (χ4n) is 3.02. The highest BCUT2D eigenvalue weighted by Gasteiger charge is 2.33. The first-order chi connectivity index (χ1) is 11.6. The van der Waals surface area contributed by atoms with Crippen LogP contribution in [0.3, 0.4) is 0 Å². The second kappa shape index (κ2) is 7.66. The minimum absolute atomic E-state index is 0.0142. The molecule has 0 atom stereocenters. The number of benzene rings is 1. The standard InChI is InChI=1S/C18H21ClN2O2S/c19-15-5-3-14(4-6-15)18(23)7-10-21(11-8-18)12-9-20-17(22)16-2-1-13-24-16/h1-6,13,23H,7-12H2,(H,20,22). The summed E-state index contributed by atoms with van der Waals surface area (Å²) in [4.78, 5) is 14.9. The number of hydrogen-bond acceptors (Lipinski definition) is 4. The van der Waals surface area contributed by atoms with E-state index in [9.17, 15) is 9.90 Å². The molecule has 6 heteroatoms. The summed E-state index contributed by atoms with van der Waals surface area (Å²) in [6.45, 7) is 3.05. The lowest BCUT2D eigenvalue weighted by Crippen LogP contribution is -2.45. The first-order valence-electron chi connectivity index (χ1n) is 8.09. The van der Waals surface area contributed by atoms with E-state index < -0.39 is 5.60 Å². The zero-order valence-electron chi connectivity index (χ0n) is 13.4. The molecule has 128 valence electrons. The van der Waals surface area contributed by atoms with E-state index in [1.165, 1.54) is 11.3 Å². The predicted octanol–water partition coefficient (Wildman–Crippen LogP) is 3.11. The van der Waals surface area contributed by atoms with Gasteiger partial charge >= 0.3 is 0 Å². The number of nitrogens with one attached hydrogen (secondary N) is 1. The summed E-state index contributed by atoms with van der Waals surface area (Å²) in [6.07, 6.45) is 1.38. The molecular weight excluding hydrogens is 344 g/mol. The van der Waals surface area contributed by atoms with Crippen molar-refractivity contribution in [1.82, 2.24) is 10.2 Å². The molecule has 0 unspecified atom stereocenters. The van der Waals surface area contributed by atoms with Crippen molar-refractivity contribution in [2.45, 2.75) is 18.4 Å². The first-order valence-corrected chi connectivity index (χ1v) is 9.35. The van der Waals surface area contributed by atoms with Crippen molar-refractivity contribution >= 4 is 28.8 Å². The molecule has 4 nitrogen and oxygen atoms in total. The summed E-state index contributed by atoms with van der Waals surface area (Å²) >= 11 is 7.36. The van der Waals surface area contributed by atoms with Gasteiger partial charge in [0.2, 0.25) is 0 Å². The minimum atomic E-state index is -0.776. The average molecular weight is 365 g/mol. The van der Waals surface area contributed by atoms with Gasteiger partial charge in [0.25, 0.3) is 5.91 Å². The Morgan fingerprint density at radius 3 is 2.58 bits per heavy atom. The van der Waals surface area contributed by atoms with Crippen LogP contribution in [0.2, 0.25) is 5.02 Å². The molecule has 2 N–H and O–H groups in total. The molecule has 1 aromatic heterocycles. The number of thiophene rings is 1. The molecule has 1 aliphatic rings. The van der Waals surface area contributed by atoms with Crippen molar-refractivity contribution in [1.29, 1.82) is 0 Å². The molecule has 2 aromatic rings. The highest BCUT2D eigenvalue weighted by molar-refractivity contribution is 7.12. The van der Waals surface area contributed by atoms with Crippen molar-refractivity contribution in [3.8, 4) is 0 Å². The normalized spacial score (nSPS) is 17.6. The molecule has 0 saturated carbocycles. The Hall–Kier alpha value is -1.40. The van der Waals surface area contributed by atoms with Crippen molar-refractivity contribution < 1.29 is 9.90 Å². The Kier molecular flexibility index (Phi) is 5.56. The fourth-order valence-corrected chi connectivity index (χ4v) is 3.78. The lowest BCUT2D eigenvalue weighted by molar-refractivity contribution is -0.0255. The highest BCUT2D eigenvalue weighted by atomic mass is 35.5. The van der Waals surface area contributed by atoms with E-state index in [1.807, 2.05) is 41.8 Å². The van der Waals surface area contributed by atoms with Crippen LogP contribution in [0.15, 0.2) is 41.8 Å². The number of rotatable bonds is 5. The van der Waals surface area contributed by atoms with Gasteiger partial charge in [-0.1, -0.05) is 29.8 Å². The fraction of sp³-hybridized carbons (Fsp3) is 0.389. The zero-order chi connectivity index (χ0) is 17.0. The first kappa shape index (κ1) is 17.4. The Balaban J connectivity index is 1.45. The monoisotopic (exact) mass is 364 g/mol. The van der Waals surface area contributed by atoms with E-state index in [0.717, 1.165) is 30.1 Å². The van der Waals surface area contributed by atoms with Crippen LogP contribution >= 0.6 is 22.9 Å². The van der Waals surface area contributed by atoms with Crippen molar-refractivity contribution in [2.24, 2.45) is 0 Å². The number of carbonyl (C=O) groups is 1. The number of carbonyl (C=O) groups excluding carboxylic acids is 1. The Bertz CT molecular complexity index is 665. The van der Waals surface area contributed by atoms with E-state index in [4.69, 9.17) is 11.6 Å². The van der Waals surface area contributed by atoms with Crippen LogP contribution in [0.5, 0.6) is 0 Å². The van der Waals surface area contributed by atoms with Gasteiger partial charge in [-0.3, -0.25) is 4.79 Å². The van der Waals surface area contributed by atoms with Crippen LogP contribution < -0.4 is 5.32 Å². The smallest absolute Gasteiger partial charge is 0.261 e. The van der Waals surface area contributed by atoms with Crippen LogP contribution in [-0.4, -0.2) is 42.1 Å². The number of likely N-dealkylation sites (tertiary alicyclic amines) is 1. The SMILES string of the molecule is O=C(NCCN1CCC(O)(c2ccc(Cl)cc2)CC1)c1cccs1. The Labute approximate surface area is 151 Å². The van der Waals surface area contributed by atoms with E-state index in [-0.39, 0.29) is 5.91 Å². The summed E-state index contributed by atoms with van der Waals surface area (Å²) in [5.74, 6) is -0.0142. The number of amides is 1. The van der Waals surface area contributed by atoms with E-state index in [2.05, 4.69) is 10.2 Å². The summed E-state index contributed by atoms with van der Waals surface area (Å²) in [5.41, 5.74) is 0.152. The van der Waals surface area contributed by atoms with Gasteiger partial charge in [-0.15, -0.1) is 11.3 Å². The molecule has 1 amide bonds. The number of piperidine rings is 1. The molecule has 0 aliphatic carbocycles. The van der Waals surface area contributed by atoms with E-state index >= 15 is 0 Å². The lowest BCUT2D eigenvalue weighted by atomic mass is 9.84. The van der Waals surface area contributed by atoms with Gasteiger partial charge in [0.1, 0.15) is 0 Å². The van der Waals surface area contributed by atoms with Crippen molar-refractivity contribution in [3.63, 3.8) is 0 Å². The third-order valence-electron chi connectivity index (χ3n) is 4.52. The minimum Gasteiger partial charge on any atom is -0.385 e. The maximum absolute atomic E-state index is 11.9. The van der Waals surface area contributed by atoms with Crippen molar-refractivity contribution in [2.75, 3.05) is 26.2 Å². The predicted molar refractivity (Wildman–Crippen MR) is 97.7 cm³/mol. The quantitative estimate of drug-likeness (QED) is 0.857. The van der Waals surface area contributed by atoms with E-state index in [0.29, 0.717) is 24.4 Å². The second-order valence-corrected chi connectivity index (χ2v) is 7.50. The number of halogens is 1. The Morgan fingerprint density at radius 1 is 1.25 bits per heavy atom.